The highest BCUT2D eigenvalue weighted by atomic mass is 16.3. The molecule has 0 bridgehead atoms. The summed E-state index contributed by atoms with van der Waals surface area (Å²) in [6.45, 7) is 0. The van der Waals surface area contributed by atoms with Crippen LogP contribution in [0.1, 0.15) is 8.22 Å². The van der Waals surface area contributed by atoms with E-state index in [9.17, 15) is 8.22 Å². The summed E-state index contributed by atoms with van der Waals surface area (Å²) in [6, 6.07) is 65.1. The lowest BCUT2D eigenvalue weighted by Crippen LogP contribution is -1.94. The predicted molar refractivity (Wildman–Crippen MR) is 261 cm³/mol. The summed E-state index contributed by atoms with van der Waals surface area (Å²) in [6.07, 6.45) is 0. The molecule has 10 aromatic carbocycles. The third kappa shape index (κ3) is 6.29. The van der Waals surface area contributed by atoms with Crippen molar-refractivity contribution in [2.75, 3.05) is 0 Å². The van der Waals surface area contributed by atoms with E-state index < -0.39 is 0 Å². The quantitative estimate of drug-likeness (QED) is 0.157. The van der Waals surface area contributed by atoms with Crippen molar-refractivity contribution in [2.45, 2.75) is 0 Å². The molecular formula is C60H39NO. The minimum atomic E-state index is -0.133. The number of nitrogens with zero attached hydrogens (tertiary/aromatic N) is 1. The maximum absolute atomic E-state index is 9.97. The van der Waals surface area contributed by atoms with Crippen LogP contribution in [0.25, 0.3) is 116 Å². The Bertz CT molecular complexity index is 3790. The zero-order valence-electron chi connectivity index (χ0n) is 39.4. The second kappa shape index (κ2) is 14.8. The first-order valence-electron chi connectivity index (χ1n) is 23.8. The highest BCUT2D eigenvalue weighted by Gasteiger charge is 2.16. The second-order valence-corrected chi connectivity index (χ2v) is 15.6. The molecule has 0 fully saturated rings. The van der Waals surface area contributed by atoms with E-state index in [1.54, 1.807) is 4.57 Å². The van der Waals surface area contributed by atoms with E-state index in [4.69, 9.17) is 4.42 Å². The molecule has 0 atom stereocenters. The van der Waals surface area contributed by atoms with Crippen LogP contribution >= 0.6 is 0 Å². The molecule has 0 saturated heterocycles. The van der Waals surface area contributed by atoms with Crippen molar-refractivity contribution in [3.05, 3.63) is 236 Å². The van der Waals surface area contributed by atoms with Crippen molar-refractivity contribution >= 4 is 43.7 Å². The Morgan fingerprint density at radius 1 is 0.290 bits per heavy atom. The number of furan rings is 1. The summed E-state index contributed by atoms with van der Waals surface area (Å²) >= 11 is 0. The first-order valence-corrected chi connectivity index (χ1v) is 20.8. The van der Waals surface area contributed by atoms with Gasteiger partial charge in [0.2, 0.25) is 0 Å². The molecule has 2 nitrogen and oxygen atoms in total. The van der Waals surface area contributed by atoms with Gasteiger partial charge in [0.1, 0.15) is 11.2 Å². The second-order valence-electron chi connectivity index (χ2n) is 15.6. The Hall–Kier alpha value is -8.20. The van der Waals surface area contributed by atoms with Crippen molar-refractivity contribution in [1.82, 2.24) is 4.57 Å². The Morgan fingerprint density at radius 2 is 0.694 bits per heavy atom. The third-order valence-electron chi connectivity index (χ3n) is 11.9. The number of para-hydroxylation sites is 1. The Kier molecular flexibility index (Phi) is 7.15. The van der Waals surface area contributed by atoms with Crippen LogP contribution < -0.4 is 0 Å². The molecule has 12 rings (SSSR count). The average molecular weight is 796 g/mol. The molecule has 0 saturated carbocycles. The summed E-state index contributed by atoms with van der Waals surface area (Å²) < 4.78 is 66.2. The fraction of sp³-hybridized carbons (Fsp3) is 0. The van der Waals surface area contributed by atoms with Crippen LogP contribution in [0.5, 0.6) is 0 Å². The highest BCUT2D eigenvalue weighted by molar-refractivity contribution is 6.12. The van der Waals surface area contributed by atoms with Gasteiger partial charge in [-0.05, 0) is 133 Å². The van der Waals surface area contributed by atoms with E-state index in [0.29, 0.717) is 27.6 Å². The first-order chi connectivity index (χ1) is 33.2. The number of hydrogen-bond donors (Lipinski definition) is 0. The molecule has 0 aliphatic heterocycles. The lowest BCUT2D eigenvalue weighted by atomic mass is 9.96. The lowest BCUT2D eigenvalue weighted by Gasteiger charge is -2.11. The first kappa shape index (κ1) is 29.9. The van der Waals surface area contributed by atoms with E-state index in [1.807, 2.05) is 158 Å². The van der Waals surface area contributed by atoms with Gasteiger partial charge in [0.05, 0.1) is 19.3 Å². The number of benzene rings is 10. The fourth-order valence-corrected chi connectivity index (χ4v) is 8.69. The zero-order chi connectivity index (χ0) is 46.2. The van der Waals surface area contributed by atoms with Crippen LogP contribution in [0.2, 0.25) is 0 Å². The minimum Gasteiger partial charge on any atom is -0.456 e. The van der Waals surface area contributed by atoms with Gasteiger partial charge >= 0.3 is 0 Å². The fourth-order valence-electron chi connectivity index (χ4n) is 8.69. The topological polar surface area (TPSA) is 18.1 Å². The predicted octanol–water partition coefficient (Wildman–Crippen LogP) is 16.7. The SMILES string of the molecule is [2H]c1c(-c2cccc(-c3ccccc3)c2)c([2H])c2c3c([2H])c(-c4cccc(-c5ccccc5)c4)c([2H])c([2H])c3n(-c3ccc(-c4ccc(-c5ccc6oc7ccccc7c6c5)cc4)cc3)c2c1[2H]. The molecule has 290 valence electrons. The molecule has 0 unspecified atom stereocenters. The van der Waals surface area contributed by atoms with E-state index in [1.165, 1.54) is 0 Å². The van der Waals surface area contributed by atoms with Gasteiger partial charge in [0.25, 0.3) is 0 Å². The average Bonchev–Trinajstić information content (AvgIpc) is 3.95. The standard InChI is InChI=1S/C60H39NO/c1-3-11-40(12-4-1)45-15-9-17-47(35-45)50-27-32-57-54(37-50)55-38-51(48-18-10-16-46(36-48)41-13-5-2-6-14-41)28-33-58(55)61(57)52-30-25-43(26-31-52)42-21-23-44(24-22-42)49-29-34-60-56(39-49)53-19-7-8-20-59(53)62-60/h1-39H/i27D,28D,32D,33D,37D,38D. The maximum atomic E-state index is 9.97. The summed E-state index contributed by atoms with van der Waals surface area (Å²) in [5.74, 6) is 0. The lowest BCUT2D eigenvalue weighted by molar-refractivity contribution is 0.669. The summed E-state index contributed by atoms with van der Waals surface area (Å²) in [5.41, 5.74) is 12.4. The van der Waals surface area contributed by atoms with E-state index in [2.05, 4.69) is 42.5 Å². The smallest absolute Gasteiger partial charge is 0.135 e. The number of rotatable bonds is 7. The van der Waals surface area contributed by atoms with Gasteiger partial charge in [-0.1, -0.05) is 170 Å². The molecule has 0 radical (unpaired) electrons. The molecular weight excluding hydrogens is 751 g/mol. The van der Waals surface area contributed by atoms with Gasteiger partial charge < -0.3 is 8.98 Å². The van der Waals surface area contributed by atoms with Crippen molar-refractivity contribution in [3.8, 4) is 72.4 Å². The highest BCUT2D eigenvalue weighted by Crippen LogP contribution is 2.39. The number of fused-ring (bicyclic) bond motifs is 6. The minimum absolute atomic E-state index is 0.0126. The zero-order valence-corrected chi connectivity index (χ0v) is 33.4. The Balaban J connectivity index is 1.02. The molecule has 2 heterocycles. The molecule has 0 spiro atoms. The molecule has 12 aromatic rings. The van der Waals surface area contributed by atoms with Gasteiger partial charge in [-0.3, -0.25) is 0 Å². The van der Waals surface area contributed by atoms with Crippen molar-refractivity contribution in [3.63, 3.8) is 0 Å². The van der Waals surface area contributed by atoms with Gasteiger partial charge in [-0.15, -0.1) is 0 Å². The van der Waals surface area contributed by atoms with Crippen LogP contribution in [0.4, 0.5) is 0 Å². The van der Waals surface area contributed by atoms with Crippen LogP contribution in [0.15, 0.2) is 241 Å². The van der Waals surface area contributed by atoms with Crippen molar-refractivity contribution in [1.29, 1.82) is 0 Å². The molecule has 62 heavy (non-hydrogen) atoms. The molecule has 2 aromatic heterocycles. The van der Waals surface area contributed by atoms with Crippen LogP contribution in [-0.2, 0) is 0 Å². The van der Waals surface area contributed by atoms with Gasteiger partial charge in [-0.25, -0.2) is 0 Å². The van der Waals surface area contributed by atoms with Crippen LogP contribution in [0.3, 0.4) is 0 Å². The van der Waals surface area contributed by atoms with Crippen molar-refractivity contribution in [2.24, 2.45) is 0 Å². The molecule has 0 amide bonds. The van der Waals surface area contributed by atoms with Gasteiger partial charge in [-0.2, -0.15) is 0 Å². The summed E-state index contributed by atoms with van der Waals surface area (Å²) in [5, 5.41) is 2.74. The Labute approximate surface area is 368 Å². The van der Waals surface area contributed by atoms with E-state index in [0.717, 1.165) is 66.4 Å². The molecule has 0 aliphatic rings. The monoisotopic (exact) mass is 795 g/mol. The van der Waals surface area contributed by atoms with Crippen LogP contribution in [-0.4, -0.2) is 4.57 Å². The normalized spacial score (nSPS) is 12.9. The largest absolute Gasteiger partial charge is 0.456 e. The summed E-state index contributed by atoms with van der Waals surface area (Å²) in [7, 11) is 0. The van der Waals surface area contributed by atoms with Gasteiger partial charge in [0, 0.05) is 27.2 Å². The third-order valence-corrected chi connectivity index (χ3v) is 11.9. The molecule has 0 N–H and O–H groups in total. The number of aromatic nitrogens is 1. The van der Waals surface area contributed by atoms with E-state index in [-0.39, 0.29) is 58.4 Å². The Morgan fingerprint density at radius 3 is 1.26 bits per heavy atom. The van der Waals surface area contributed by atoms with Gasteiger partial charge in [0.15, 0.2) is 0 Å². The summed E-state index contributed by atoms with van der Waals surface area (Å²) in [4.78, 5) is 0. The van der Waals surface area contributed by atoms with E-state index >= 15 is 0 Å². The molecule has 0 aliphatic carbocycles. The van der Waals surface area contributed by atoms with Crippen molar-refractivity contribution < 1.29 is 12.6 Å². The maximum Gasteiger partial charge on any atom is 0.135 e. The number of hydrogen-bond acceptors (Lipinski definition) is 1. The molecule has 2 heteroatoms. The van der Waals surface area contributed by atoms with Crippen LogP contribution in [0, 0.1) is 0 Å².